The van der Waals surface area contributed by atoms with E-state index in [0.717, 1.165) is 18.4 Å². The maximum atomic E-state index is 5.50. The van der Waals surface area contributed by atoms with Gasteiger partial charge in [0.15, 0.2) is 0 Å². The van der Waals surface area contributed by atoms with E-state index in [0.29, 0.717) is 17.9 Å². The Morgan fingerprint density at radius 2 is 1.94 bits per heavy atom. The van der Waals surface area contributed by atoms with Gasteiger partial charge >= 0.3 is 6.01 Å². The molecule has 1 aromatic rings. The fourth-order valence-electron chi connectivity index (χ4n) is 1.72. The molecule has 0 saturated heterocycles. The lowest BCUT2D eigenvalue weighted by Gasteiger charge is -2.11. The van der Waals surface area contributed by atoms with Crippen LogP contribution >= 0.6 is 0 Å². The van der Waals surface area contributed by atoms with Gasteiger partial charge in [-0.1, -0.05) is 6.92 Å². The van der Waals surface area contributed by atoms with E-state index < -0.39 is 0 Å². The third-order valence-electron chi connectivity index (χ3n) is 2.98. The molecule has 0 amide bonds. The van der Waals surface area contributed by atoms with E-state index in [1.54, 1.807) is 7.05 Å². The minimum absolute atomic E-state index is 0.0495. The molecule has 100 valence electrons. The normalized spacial score (nSPS) is 21.8. The highest BCUT2D eigenvalue weighted by Crippen LogP contribution is 2.37. The molecule has 2 unspecified atom stereocenters. The largest absolute Gasteiger partial charge is 0.461 e. The van der Waals surface area contributed by atoms with Crippen LogP contribution in [0.2, 0.25) is 0 Å². The summed E-state index contributed by atoms with van der Waals surface area (Å²) in [7, 11) is 1.78. The fourth-order valence-corrected chi connectivity index (χ4v) is 1.72. The number of hydrogen-bond donors (Lipinski definition) is 2. The Hall–Kier alpha value is -1.59. The number of nitrogens with one attached hydrogen (secondary N) is 2. The first-order chi connectivity index (χ1) is 8.58. The Morgan fingerprint density at radius 3 is 2.50 bits per heavy atom. The molecule has 6 heteroatoms. The van der Waals surface area contributed by atoms with Crippen molar-refractivity contribution in [3.63, 3.8) is 0 Å². The van der Waals surface area contributed by atoms with Crippen molar-refractivity contribution in [2.24, 2.45) is 11.8 Å². The van der Waals surface area contributed by atoms with Crippen molar-refractivity contribution in [1.29, 1.82) is 0 Å². The van der Waals surface area contributed by atoms with Crippen molar-refractivity contribution in [3.8, 4) is 6.01 Å². The predicted molar refractivity (Wildman–Crippen MR) is 70.9 cm³/mol. The van der Waals surface area contributed by atoms with E-state index in [2.05, 4.69) is 32.5 Å². The second-order valence-corrected chi connectivity index (χ2v) is 5.04. The van der Waals surface area contributed by atoms with Crippen molar-refractivity contribution in [3.05, 3.63) is 0 Å². The van der Waals surface area contributed by atoms with Crippen molar-refractivity contribution in [1.82, 2.24) is 15.0 Å². The lowest BCUT2D eigenvalue weighted by molar-refractivity contribution is 0.222. The number of anilines is 2. The number of nitrogens with zero attached hydrogens (tertiary/aromatic N) is 3. The minimum Gasteiger partial charge on any atom is -0.461 e. The van der Waals surface area contributed by atoms with E-state index in [-0.39, 0.29) is 6.10 Å². The third kappa shape index (κ3) is 3.45. The molecule has 2 rings (SSSR count). The molecule has 2 N–H and O–H groups in total. The quantitative estimate of drug-likeness (QED) is 0.803. The Bertz CT molecular complexity index is 409. The van der Waals surface area contributed by atoms with E-state index in [1.165, 1.54) is 6.42 Å². The number of ether oxygens (including phenoxy) is 1. The van der Waals surface area contributed by atoms with Crippen LogP contribution in [0.5, 0.6) is 6.01 Å². The van der Waals surface area contributed by atoms with E-state index in [4.69, 9.17) is 4.74 Å². The average Bonchev–Trinajstić information content (AvgIpc) is 3.01. The van der Waals surface area contributed by atoms with Crippen LogP contribution in [0, 0.1) is 11.8 Å². The molecule has 1 heterocycles. The lowest BCUT2D eigenvalue weighted by atomic mass is 10.3. The summed E-state index contributed by atoms with van der Waals surface area (Å²) in [6.45, 7) is 7.06. The predicted octanol–water partition coefficient (Wildman–Crippen LogP) is 1.77. The lowest BCUT2D eigenvalue weighted by Crippen LogP contribution is -2.14. The summed E-state index contributed by atoms with van der Waals surface area (Å²) in [5.41, 5.74) is 0. The van der Waals surface area contributed by atoms with Gasteiger partial charge in [-0.3, -0.25) is 0 Å². The van der Waals surface area contributed by atoms with Crippen molar-refractivity contribution in [2.75, 3.05) is 24.2 Å². The van der Waals surface area contributed by atoms with E-state index in [1.807, 2.05) is 13.8 Å². The minimum atomic E-state index is 0.0495. The molecule has 1 aliphatic rings. The molecule has 0 bridgehead atoms. The van der Waals surface area contributed by atoms with Crippen LogP contribution in [-0.4, -0.2) is 34.6 Å². The molecule has 0 spiro atoms. The number of aromatic nitrogens is 3. The smallest absolute Gasteiger partial charge is 0.323 e. The second-order valence-electron chi connectivity index (χ2n) is 5.04. The summed E-state index contributed by atoms with van der Waals surface area (Å²) in [5.74, 6) is 2.65. The van der Waals surface area contributed by atoms with Gasteiger partial charge in [0.2, 0.25) is 11.9 Å². The van der Waals surface area contributed by atoms with Crippen LogP contribution in [0.1, 0.15) is 27.2 Å². The molecular weight excluding hydrogens is 230 g/mol. The first-order valence-corrected chi connectivity index (χ1v) is 6.43. The molecule has 1 fully saturated rings. The maximum absolute atomic E-state index is 5.50. The highest BCUT2D eigenvalue weighted by atomic mass is 16.5. The van der Waals surface area contributed by atoms with Crippen LogP contribution in [0.3, 0.4) is 0 Å². The van der Waals surface area contributed by atoms with Gasteiger partial charge in [0, 0.05) is 13.6 Å². The van der Waals surface area contributed by atoms with Crippen LogP contribution < -0.4 is 15.4 Å². The average molecular weight is 251 g/mol. The second kappa shape index (κ2) is 5.37. The summed E-state index contributed by atoms with van der Waals surface area (Å²) in [6, 6.07) is 0.357. The first-order valence-electron chi connectivity index (χ1n) is 6.43. The molecule has 2 atom stereocenters. The van der Waals surface area contributed by atoms with Crippen LogP contribution in [-0.2, 0) is 0 Å². The molecular formula is C12H21N5O. The maximum Gasteiger partial charge on any atom is 0.323 e. The Kier molecular flexibility index (Phi) is 3.84. The van der Waals surface area contributed by atoms with Crippen LogP contribution in [0.4, 0.5) is 11.9 Å². The summed E-state index contributed by atoms with van der Waals surface area (Å²) in [5, 5.41) is 6.15. The van der Waals surface area contributed by atoms with Gasteiger partial charge in [0.05, 0.1) is 6.10 Å². The monoisotopic (exact) mass is 251 g/mol. The summed E-state index contributed by atoms with van der Waals surface area (Å²) >= 11 is 0. The van der Waals surface area contributed by atoms with Gasteiger partial charge in [0.25, 0.3) is 0 Å². The molecule has 1 saturated carbocycles. The SMILES string of the molecule is CNc1nc(NCC2CC2C)nc(OC(C)C)n1. The molecule has 1 aromatic heterocycles. The number of rotatable bonds is 6. The molecule has 18 heavy (non-hydrogen) atoms. The standard InChI is InChI=1S/C12H21N5O/c1-7(2)18-12-16-10(13-4)15-11(17-12)14-6-9-5-8(9)3/h7-9H,5-6H2,1-4H3,(H2,13,14,15,16,17). The zero-order valence-electron chi connectivity index (χ0n) is 11.4. The zero-order chi connectivity index (χ0) is 13.1. The van der Waals surface area contributed by atoms with Gasteiger partial charge in [-0.15, -0.1) is 0 Å². The van der Waals surface area contributed by atoms with Gasteiger partial charge in [0.1, 0.15) is 0 Å². The van der Waals surface area contributed by atoms with Gasteiger partial charge in [-0.2, -0.15) is 15.0 Å². The van der Waals surface area contributed by atoms with Gasteiger partial charge in [-0.05, 0) is 32.1 Å². The summed E-state index contributed by atoms with van der Waals surface area (Å²) in [6.07, 6.45) is 1.33. The molecule has 1 aliphatic carbocycles. The third-order valence-corrected chi connectivity index (χ3v) is 2.98. The van der Waals surface area contributed by atoms with E-state index >= 15 is 0 Å². The summed E-state index contributed by atoms with van der Waals surface area (Å²) in [4.78, 5) is 12.7. The zero-order valence-corrected chi connectivity index (χ0v) is 11.4. The highest BCUT2D eigenvalue weighted by Gasteiger charge is 2.32. The first kappa shape index (κ1) is 12.9. The number of hydrogen-bond acceptors (Lipinski definition) is 6. The fraction of sp³-hybridized carbons (Fsp3) is 0.750. The van der Waals surface area contributed by atoms with E-state index in [9.17, 15) is 0 Å². The Morgan fingerprint density at radius 1 is 1.28 bits per heavy atom. The molecule has 6 nitrogen and oxygen atoms in total. The van der Waals surface area contributed by atoms with Crippen molar-refractivity contribution >= 4 is 11.9 Å². The van der Waals surface area contributed by atoms with Crippen LogP contribution in [0.25, 0.3) is 0 Å². The molecule has 0 aromatic carbocycles. The Balaban J connectivity index is 2.02. The van der Waals surface area contributed by atoms with Crippen molar-refractivity contribution in [2.45, 2.75) is 33.3 Å². The topological polar surface area (TPSA) is 72.0 Å². The van der Waals surface area contributed by atoms with Gasteiger partial charge < -0.3 is 15.4 Å². The summed E-state index contributed by atoms with van der Waals surface area (Å²) < 4.78 is 5.50. The Labute approximate surface area is 108 Å². The highest BCUT2D eigenvalue weighted by molar-refractivity contribution is 5.35. The van der Waals surface area contributed by atoms with Crippen molar-refractivity contribution < 1.29 is 4.74 Å². The van der Waals surface area contributed by atoms with Crippen LogP contribution in [0.15, 0.2) is 0 Å². The molecule has 0 aliphatic heterocycles. The molecule has 0 radical (unpaired) electrons. The van der Waals surface area contributed by atoms with Gasteiger partial charge in [-0.25, -0.2) is 0 Å².